The van der Waals surface area contributed by atoms with Crippen LogP contribution in [0, 0.1) is 6.92 Å². The standard InChI is InChI=1S/C15H15N3O2/c1-10-7-8-12(9-17-10)15(20)18-13(14(16)19)11-5-3-2-4-6-11/h2-9,13H,1H3,(H2,16,19)(H,18,20)/t13-/m0/s1. The van der Waals surface area contributed by atoms with Gasteiger partial charge in [-0.3, -0.25) is 14.6 Å². The zero-order chi connectivity index (χ0) is 14.5. The van der Waals surface area contributed by atoms with Crippen molar-refractivity contribution in [3.63, 3.8) is 0 Å². The number of aryl methyl sites for hydroxylation is 1. The van der Waals surface area contributed by atoms with Gasteiger partial charge < -0.3 is 11.1 Å². The highest BCUT2D eigenvalue weighted by atomic mass is 16.2. The SMILES string of the molecule is Cc1ccc(C(=O)N[C@H](C(N)=O)c2ccccc2)cn1. The highest BCUT2D eigenvalue weighted by Crippen LogP contribution is 2.13. The van der Waals surface area contributed by atoms with Gasteiger partial charge in [-0.1, -0.05) is 30.3 Å². The topological polar surface area (TPSA) is 85.1 Å². The van der Waals surface area contributed by atoms with Crippen molar-refractivity contribution in [3.8, 4) is 0 Å². The molecule has 0 spiro atoms. The van der Waals surface area contributed by atoms with Crippen molar-refractivity contribution in [1.29, 1.82) is 0 Å². The van der Waals surface area contributed by atoms with E-state index in [4.69, 9.17) is 5.73 Å². The van der Waals surface area contributed by atoms with E-state index in [1.807, 2.05) is 13.0 Å². The van der Waals surface area contributed by atoms with E-state index in [1.54, 1.807) is 36.4 Å². The molecule has 0 unspecified atom stereocenters. The van der Waals surface area contributed by atoms with Crippen LogP contribution < -0.4 is 11.1 Å². The predicted octanol–water partition coefficient (Wildman–Crippen LogP) is 1.35. The zero-order valence-electron chi connectivity index (χ0n) is 11.0. The van der Waals surface area contributed by atoms with Crippen LogP contribution in [-0.4, -0.2) is 16.8 Å². The van der Waals surface area contributed by atoms with Gasteiger partial charge in [0.05, 0.1) is 5.56 Å². The summed E-state index contributed by atoms with van der Waals surface area (Å²) >= 11 is 0. The van der Waals surface area contributed by atoms with Crippen LogP contribution in [0.1, 0.15) is 27.7 Å². The van der Waals surface area contributed by atoms with E-state index in [0.29, 0.717) is 11.1 Å². The van der Waals surface area contributed by atoms with Gasteiger partial charge >= 0.3 is 0 Å². The van der Waals surface area contributed by atoms with Crippen LogP contribution in [0.3, 0.4) is 0 Å². The van der Waals surface area contributed by atoms with Gasteiger partial charge in [-0.15, -0.1) is 0 Å². The Labute approximate surface area is 116 Å². The second-order valence-electron chi connectivity index (χ2n) is 4.41. The number of carbonyl (C=O) groups is 2. The van der Waals surface area contributed by atoms with Crippen LogP contribution in [0.2, 0.25) is 0 Å². The summed E-state index contributed by atoms with van der Waals surface area (Å²) in [5, 5.41) is 2.62. The molecule has 1 aromatic carbocycles. The van der Waals surface area contributed by atoms with E-state index >= 15 is 0 Å². The molecule has 2 amide bonds. The molecule has 0 aliphatic carbocycles. The Kier molecular flexibility index (Phi) is 4.10. The summed E-state index contributed by atoms with van der Waals surface area (Å²) in [4.78, 5) is 27.6. The Morgan fingerprint density at radius 3 is 2.40 bits per heavy atom. The third-order valence-electron chi connectivity index (χ3n) is 2.87. The number of nitrogens with one attached hydrogen (secondary N) is 1. The number of hydrogen-bond donors (Lipinski definition) is 2. The fraction of sp³-hybridized carbons (Fsp3) is 0.133. The maximum absolute atomic E-state index is 12.1. The van der Waals surface area contributed by atoms with Gasteiger partial charge in [0, 0.05) is 11.9 Å². The molecule has 1 heterocycles. The highest BCUT2D eigenvalue weighted by Gasteiger charge is 2.20. The Bertz CT molecular complexity index is 609. The van der Waals surface area contributed by atoms with E-state index in [1.165, 1.54) is 6.20 Å². The van der Waals surface area contributed by atoms with Gasteiger partial charge in [0.25, 0.3) is 5.91 Å². The van der Waals surface area contributed by atoms with Crippen molar-refractivity contribution < 1.29 is 9.59 Å². The lowest BCUT2D eigenvalue weighted by Crippen LogP contribution is -2.37. The van der Waals surface area contributed by atoms with Crippen LogP contribution in [0.5, 0.6) is 0 Å². The molecule has 5 heteroatoms. The molecule has 2 aromatic rings. The minimum atomic E-state index is -0.856. The Hall–Kier alpha value is -2.69. The third kappa shape index (κ3) is 3.20. The molecule has 20 heavy (non-hydrogen) atoms. The zero-order valence-corrected chi connectivity index (χ0v) is 11.0. The molecule has 1 aromatic heterocycles. The van der Waals surface area contributed by atoms with Crippen molar-refractivity contribution >= 4 is 11.8 Å². The van der Waals surface area contributed by atoms with Crippen LogP contribution in [0.15, 0.2) is 48.7 Å². The summed E-state index contributed by atoms with van der Waals surface area (Å²) in [5.41, 5.74) is 7.20. The number of amides is 2. The Morgan fingerprint density at radius 2 is 1.85 bits per heavy atom. The van der Waals surface area contributed by atoms with E-state index in [0.717, 1.165) is 5.69 Å². The van der Waals surface area contributed by atoms with Gasteiger partial charge in [0.2, 0.25) is 5.91 Å². The number of nitrogens with zero attached hydrogens (tertiary/aromatic N) is 1. The molecule has 102 valence electrons. The van der Waals surface area contributed by atoms with Crippen molar-refractivity contribution in [3.05, 3.63) is 65.5 Å². The van der Waals surface area contributed by atoms with E-state index in [9.17, 15) is 9.59 Å². The summed E-state index contributed by atoms with van der Waals surface area (Å²) in [6, 6.07) is 11.4. The second kappa shape index (κ2) is 5.97. The largest absolute Gasteiger partial charge is 0.368 e. The third-order valence-corrected chi connectivity index (χ3v) is 2.87. The van der Waals surface area contributed by atoms with Crippen LogP contribution in [0.4, 0.5) is 0 Å². The molecule has 0 aliphatic heterocycles. The first-order valence-corrected chi connectivity index (χ1v) is 6.15. The van der Waals surface area contributed by atoms with E-state index < -0.39 is 11.9 Å². The fourth-order valence-electron chi connectivity index (χ4n) is 1.78. The molecule has 1 atom stereocenters. The highest BCUT2D eigenvalue weighted by molar-refractivity contribution is 5.97. The Morgan fingerprint density at radius 1 is 1.15 bits per heavy atom. The van der Waals surface area contributed by atoms with E-state index in [2.05, 4.69) is 10.3 Å². The van der Waals surface area contributed by atoms with Crippen LogP contribution in [-0.2, 0) is 4.79 Å². The predicted molar refractivity (Wildman–Crippen MR) is 74.8 cm³/mol. The second-order valence-corrected chi connectivity index (χ2v) is 4.41. The molecule has 0 radical (unpaired) electrons. The van der Waals surface area contributed by atoms with Crippen LogP contribution in [0.25, 0.3) is 0 Å². The molecule has 5 nitrogen and oxygen atoms in total. The average molecular weight is 269 g/mol. The lowest BCUT2D eigenvalue weighted by Gasteiger charge is -2.15. The van der Waals surface area contributed by atoms with Crippen molar-refractivity contribution in [1.82, 2.24) is 10.3 Å². The van der Waals surface area contributed by atoms with Crippen molar-refractivity contribution in [2.45, 2.75) is 13.0 Å². The first-order chi connectivity index (χ1) is 9.58. The number of carbonyl (C=O) groups excluding carboxylic acids is 2. The average Bonchev–Trinajstić information content (AvgIpc) is 2.46. The Balaban J connectivity index is 2.19. The van der Waals surface area contributed by atoms with Gasteiger partial charge in [-0.2, -0.15) is 0 Å². The lowest BCUT2D eigenvalue weighted by atomic mass is 10.1. The normalized spacial score (nSPS) is 11.7. The van der Waals surface area contributed by atoms with E-state index in [-0.39, 0.29) is 5.91 Å². The first kappa shape index (κ1) is 13.7. The number of pyridine rings is 1. The number of primary amides is 1. The lowest BCUT2D eigenvalue weighted by molar-refractivity contribution is -0.120. The summed E-state index contributed by atoms with van der Waals surface area (Å²) in [6.07, 6.45) is 1.47. The molecular formula is C15H15N3O2. The fourth-order valence-corrected chi connectivity index (χ4v) is 1.78. The first-order valence-electron chi connectivity index (χ1n) is 6.15. The summed E-state index contributed by atoms with van der Waals surface area (Å²) in [7, 11) is 0. The van der Waals surface area contributed by atoms with Gasteiger partial charge in [0.15, 0.2) is 0 Å². The number of rotatable bonds is 4. The molecule has 2 rings (SSSR count). The van der Waals surface area contributed by atoms with Crippen molar-refractivity contribution in [2.24, 2.45) is 5.73 Å². The van der Waals surface area contributed by atoms with Gasteiger partial charge in [0.1, 0.15) is 6.04 Å². The summed E-state index contributed by atoms with van der Waals surface area (Å²) in [5.74, 6) is -0.991. The molecule has 3 N–H and O–H groups in total. The molecule has 0 saturated heterocycles. The molecule has 0 saturated carbocycles. The number of aromatic nitrogens is 1. The molecule has 0 aliphatic rings. The molecular weight excluding hydrogens is 254 g/mol. The summed E-state index contributed by atoms with van der Waals surface area (Å²) in [6.45, 7) is 1.83. The number of benzene rings is 1. The molecule has 0 bridgehead atoms. The summed E-state index contributed by atoms with van der Waals surface area (Å²) < 4.78 is 0. The number of hydrogen-bond acceptors (Lipinski definition) is 3. The minimum absolute atomic E-state index is 0.384. The van der Waals surface area contributed by atoms with Gasteiger partial charge in [-0.25, -0.2) is 0 Å². The maximum atomic E-state index is 12.1. The van der Waals surface area contributed by atoms with Gasteiger partial charge in [-0.05, 0) is 24.6 Å². The molecule has 0 fully saturated rings. The smallest absolute Gasteiger partial charge is 0.253 e. The minimum Gasteiger partial charge on any atom is -0.368 e. The monoisotopic (exact) mass is 269 g/mol. The number of nitrogens with two attached hydrogens (primary N) is 1. The maximum Gasteiger partial charge on any atom is 0.253 e. The van der Waals surface area contributed by atoms with Crippen LogP contribution >= 0.6 is 0 Å². The quantitative estimate of drug-likeness (QED) is 0.878. The van der Waals surface area contributed by atoms with Crippen molar-refractivity contribution in [2.75, 3.05) is 0 Å².